The molecule has 2 aliphatic heterocycles. The van der Waals surface area contributed by atoms with Gasteiger partial charge in [-0.2, -0.15) is 0 Å². The molecule has 2 atom stereocenters. The molecule has 3 fully saturated rings. The molecule has 2 heterocycles. The molecule has 2 unspecified atom stereocenters. The Balaban J connectivity index is 1.77. The zero-order valence-electron chi connectivity index (χ0n) is 12.4. The second-order valence-corrected chi connectivity index (χ2v) is 6.37. The second kappa shape index (κ2) is 6.00. The lowest BCUT2D eigenvalue weighted by Crippen LogP contribution is -2.58. The van der Waals surface area contributed by atoms with Gasteiger partial charge in [0.25, 0.3) is 0 Å². The van der Waals surface area contributed by atoms with Crippen LogP contribution in [0.5, 0.6) is 0 Å². The third-order valence-corrected chi connectivity index (χ3v) is 5.18. The minimum Gasteiger partial charge on any atom is -0.384 e. The van der Waals surface area contributed by atoms with Crippen LogP contribution in [0.15, 0.2) is 0 Å². The van der Waals surface area contributed by atoms with Crippen molar-refractivity contribution < 1.29 is 14.3 Å². The molecule has 0 aromatic rings. The summed E-state index contributed by atoms with van der Waals surface area (Å²) in [5.41, 5.74) is -0.315. The Morgan fingerprint density at radius 3 is 2.95 bits per heavy atom. The standard InChI is InChI=1S/C15H26N2O3/c1-19-11-15(5-7-16-8-6-15)14(18)17-9-10-20-13-4-2-3-12(13)17/h12-13,16H,2-11H2,1H3. The molecule has 1 amide bonds. The van der Waals surface area contributed by atoms with Crippen LogP contribution in [0.4, 0.5) is 0 Å². The molecule has 1 saturated carbocycles. The number of nitrogens with one attached hydrogen (secondary N) is 1. The van der Waals surface area contributed by atoms with Gasteiger partial charge in [0.05, 0.1) is 30.8 Å². The highest BCUT2D eigenvalue weighted by molar-refractivity contribution is 5.83. The number of methoxy groups -OCH3 is 1. The minimum absolute atomic E-state index is 0.272. The summed E-state index contributed by atoms with van der Waals surface area (Å²) in [6.07, 6.45) is 5.42. The number of carbonyl (C=O) groups is 1. The van der Waals surface area contributed by atoms with E-state index in [1.165, 1.54) is 6.42 Å². The van der Waals surface area contributed by atoms with Gasteiger partial charge in [-0.15, -0.1) is 0 Å². The number of ether oxygens (including phenoxy) is 2. The molecule has 0 aromatic heterocycles. The van der Waals surface area contributed by atoms with E-state index in [0.717, 1.165) is 45.3 Å². The Labute approximate surface area is 121 Å². The van der Waals surface area contributed by atoms with E-state index in [-0.39, 0.29) is 11.5 Å². The van der Waals surface area contributed by atoms with Gasteiger partial charge in [0.15, 0.2) is 0 Å². The molecule has 0 radical (unpaired) electrons. The zero-order chi connectivity index (χ0) is 14.0. The van der Waals surface area contributed by atoms with E-state index in [9.17, 15) is 4.79 Å². The van der Waals surface area contributed by atoms with Crippen LogP contribution in [0.1, 0.15) is 32.1 Å². The van der Waals surface area contributed by atoms with Gasteiger partial charge in [-0.3, -0.25) is 4.79 Å². The van der Waals surface area contributed by atoms with Crippen LogP contribution in [-0.2, 0) is 14.3 Å². The van der Waals surface area contributed by atoms with Gasteiger partial charge in [-0.1, -0.05) is 0 Å². The highest BCUT2D eigenvalue weighted by Crippen LogP contribution is 2.36. The lowest BCUT2D eigenvalue weighted by Gasteiger charge is -2.45. The maximum Gasteiger partial charge on any atom is 0.231 e. The van der Waals surface area contributed by atoms with E-state index in [0.29, 0.717) is 25.2 Å². The highest BCUT2D eigenvalue weighted by Gasteiger charge is 2.47. The van der Waals surface area contributed by atoms with Crippen molar-refractivity contribution in [3.63, 3.8) is 0 Å². The molecule has 114 valence electrons. The Morgan fingerprint density at radius 1 is 1.40 bits per heavy atom. The van der Waals surface area contributed by atoms with Gasteiger partial charge >= 0.3 is 0 Å². The van der Waals surface area contributed by atoms with E-state index >= 15 is 0 Å². The van der Waals surface area contributed by atoms with Gasteiger partial charge in [-0.05, 0) is 45.2 Å². The topological polar surface area (TPSA) is 50.8 Å². The molecule has 3 aliphatic rings. The number of hydrogen-bond donors (Lipinski definition) is 1. The third-order valence-electron chi connectivity index (χ3n) is 5.18. The molecule has 2 saturated heterocycles. The van der Waals surface area contributed by atoms with Gasteiger partial charge in [0.1, 0.15) is 0 Å². The van der Waals surface area contributed by atoms with Gasteiger partial charge in [-0.25, -0.2) is 0 Å². The lowest BCUT2D eigenvalue weighted by molar-refractivity contribution is -0.160. The van der Waals surface area contributed by atoms with Crippen molar-refractivity contribution >= 4 is 5.91 Å². The first-order chi connectivity index (χ1) is 9.77. The number of nitrogens with zero attached hydrogens (tertiary/aromatic N) is 1. The predicted molar refractivity (Wildman–Crippen MR) is 75.5 cm³/mol. The average Bonchev–Trinajstić information content (AvgIpc) is 2.96. The van der Waals surface area contributed by atoms with Crippen LogP contribution in [0.3, 0.4) is 0 Å². The summed E-state index contributed by atoms with van der Waals surface area (Å²) in [6.45, 7) is 3.80. The Hall–Kier alpha value is -0.650. The molecule has 0 aromatic carbocycles. The molecule has 1 N–H and O–H groups in total. The van der Waals surface area contributed by atoms with E-state index in [1.807, 2.05) is 0 Å². The minimum atomic E-state index is -0.315. The van der Waals surface area contributed by atoms with Crippen LogP contribution in [0.25, 0.3) is 0 Å². The molecular weight excluding hydrogens is 256 g/mol. The molecule has 20 heavy (non-hydrogen) atoms. The maximum absolute atomic E-state index is 13.2. The Bertz CT molecular complexity index is 350. The van der Waals surface area contributed by atoms with Crippen molar-refractivity contribution in [3.8, 4) is 0 Å². The fourth-order valence-corrected chi connectivity index (χ4v) is 4.08. The molecule has 1 aliphatic carbocycles. The smallest absolute Gasteiger partial charge is 0.231 e. The average molecular weight is 282 g/mol. The summed E-state index contributed by atoms with van der Waals surface area (Å²) in [6, 6.07) is 0.305. The fraction of sp³-hybridized carbons (Fsp3) is 0.933. The molecule has 5 heteroatoms. The second-order valence-electron chi connectivity index (χ2n) is 6.37. The van der Waals surface area contributed by atoms with Gasteiger partial charge in [0, 0.05) is 13.7 Å². The van der Waals surface area contributed by atoms with Crippen molar-refractivity contribution in [2.45, 2.75) is 44.2 Å². The number of amides is 1. The molecule has 0 bridgehead atoms. The van der Waals surface area contributed by atoms with E-state index in [1.54, 1.807) is 7.11 Å². The van der Waals surface area contributed by atoms with Gasteiger partial charge < -0.3 is 19.7 Å². The zero-order valence-corrected chi connectivity index (χ0v) is 12.4. The summed E-state index contributed by atoms with van der Waals surface area (Å²) in [7, 11) is 1.70. The molecule has 3 rings (SSSR count). The molecule has 0 spiro atoms. The number of fused-ring (bicyclic) bond motifs is 1. The third kappa shape index (κ3) is 2.47. The Kier molecular flexibility index (Phi) is 4.29. The largest absolute Gasteiger partial charge is 0.384 e. The van der Waals surface area contributed by atoms with Crippen LogP contribution < -0.4 is 5.32 Å². The summed E-state index contributed by atoms with van der Waals surface area (Å²) >= 11 is 0. The first-order valence-electron chi connectivity index (χ1n) is 7.89. The van der Waals surface area contributed by atoms with E-state index in [2.05, 4.69) is 10.2 Å². The van der Waals surface area contributed by atoms with Crippen LogP contribution in [-0.4, -0.2) is 62.9 Å². The monoisotopic (exact) mass is 282 g/mol. The predicted octanol–water partition coefficient (Wildman–Crippen LogP) is 0.783. The van der Waals surface area contributed by atoms with E-state index < -0.39 is 0 Å². The maximum atomic E-state index is 13.2. The summed E-state index contributed by atoms with van der Waals surface area (Å²) < 4.78 is 11.2. The van der Waals surface area contributed by atoms with Crippen molar-refractivity contribution in [3.05, 3.63) is 0 Å². The quantitative estimate of drug-likeness (QED) is 0.831. The van der Waals surface area contributed by atoms with E-state index in [4.69, 9.17) is 9.47 Å². The van der Waals surface area contributed by atoms with Crippen molar-refractivity contribution in [1.82, 2.24) is 10.2 Å². The molecule has 5 nitrogen and oxygen atoms in total. The number of rotatable bonds is 3. The number of morpholine rings is 1. The normalized spacial score (nSPS) is 33.0. The van der Waals surface area contributed by atoms with Crippen LogP contribution in [0.2, 0.25) is 0 Å². The summed E-state index contributed by atoms with van der Waals surface area (Å²) in [5, 5.41) is 3.35. The Morgan fingerprint density at radius 2 is 2.20 bits per heavy atom. The highest BCUT2D eigenvalue weighted by atomic mass is 16.5. The van der Waals surface area contributed by atoms with Crippen molar-refractivity contribution in [2.24, 2.45) is 5.41 Å². The number of carbonyl (C=O) groups excluding carboxylic acids is 1. The first kappa shape index (κ1) is 14.3. The lowest BCUT2D eigenvalue weighted by atomic mass is 9.77. The number of hydrogen-bond acceptors (Lipinski definition) is 4. The molecular formula is C15H26N2O3. The SMILES string of the molecule is COCC1(C(=O)N2CCOC3CCCC32)CCNCC1. The fourth-order valence-electron chi connectivity index (χ4n) is 4.08. The van der Waals surface area contributed by atoms with Crippen molar-refractivity contribution in [2.75, 3.05) is 40.0 Å². The van der Waals surface area contributed by atoms with Crippen LogP contribution in [0, 0.1) is 5.41 Å². The van der Waals surface area contributed by atoms with Crippen molar-refractivity contribution in [1.29, 1.82) is 0 Å². The van der Waals surface area contributed by atoms with Gasteiger partial charge in [0.2, 0.25) is 5.91 Å². The summed E-state index contributed by atoms with van der Waals surface area (Å²) in [4.78, 5) is 15.3. The summed E-state index contributed by atoms with van der Waals surface area (Å²) in [5.74, 6) is 0.307. The first-order valence-corrected chi connectivity index (χ1v) is 7.89. The number of piperidine rings is 1. The van der Waals surface area contributed by atoms with Crippen LogP contribution >= 0.6 is 0 Å².